The van der Waals surface area contributed by atoms with E-state index in [-0.39, 0.29) is 18.6 Å². The fourth-order valence-electron chi connectivity index (χ4n) is 5.83. The van der Waals surface area contributed by atoms with Gasteiger partial charge in [0.15, 0.2) is 5.79 Å². The first-order valence-corrected chi connectivity index (χ1v) is 13.7. The lowest BCUT2D eigenvalue weighted by molar-refractivity contribution is -0.298. The molecule has 1 saturated heterocycles. The second-order valence-electron chi connectivity index (χ2n) is 10.9. The smallest absolute Gasteiger partial charge is 0.197 e. The van der Waals surface area contributed by atoms with Gasteiger partial charge in [-0.3, -0.25) is 0 Å². The van der Waals surface area contributed by atoms with Crippen molar-refractivity contribution in [1.29, 1.82) is 0 Å². The molecule has 1 saturated carbocycles. The van der Waals surface area contributed by atoms with Crippen molar-refractivity contribution in [2.24, 2.45) is 0 Å². The number of aliphatic hydroxyl groups is 2. The van der Waals surface area contributed by atoms with Crippen LogP contribution < -0.4 is 9.64 Å². The summed E-state index contributed by atoms with van der Waals surface area (Å²) in [4.78, 5) is 2.44. The lowest BCUT2D eigenvalue weighted by Gasteiger charge is -2.42. The molecule has 2 heterocycles. The maximum absolute atomic E-state index is 10.5. The molecule has 0 amide bonds. The Labute approximate surface area is 228 Å². The number of rotatable bonds is 7. The molecule has 2 N–H and O–H groups in total. The molecule has 3 aromatic rings. The Morgan fingerprint density at radius 3 is 2.61 bits per heavy atom. The third kappa shape index (κ3) is 5.04. The van der Waals surface area contributed by atoms with Crippen LogP contribution in [0.1, 0.15) is 47.9 Å². The number of anilines is 1. The third-order valence-electron chi connectivity index (χ3n) is 8.00. The first-order valence-electron chi connectivity index (χ1n) is 13.3. The Kier molecular flexibility index (Phi) is 6.87. The van der Waals surface area contributed by atoms with Gasteiger partial charge < -0.3 is 29.3 Å². The minimum absolute atomic E-state index is 0.0492. The van der Waals surface area contributed by atoms with Crippen LogP contribution in [0.4, 0.5) is 5.69 Å². The minimum Gasteiger partial charge on any atom is -0.483 e. The zero-order chi connectivity index (χ0) is 26.3. The number of methoxy groups -OCH3 is 1. The molecule has 1 aliphatic carbocycles. The number of benzene rings is 3. The molecule has 6 rings (SSSR count). The van der Waals surface area contributed by atoms with Gasteiger partial charge in [0.05, 0.1) is 31.0 Å². The van der Waals surface area contributed by atoms with E-state index in [9.17, 15) is 10.2 Å². The Morgan fingerprint density at radius 1 is 1.05 bits per heavy atom. The van der Waals surface area contributed by atoms with Gasteiger partial charge in [-0.1, -0.05) is 54.1 Å². The quantitative estimate of drug-likeness (QED) is 0.434. The molecule has 1 spiro atoms. The Morgan fingerprint density at radius 2 is 1.87 bits per heavy atom. The van der Waals surface area contributed by atoms with Crippen LogP contribution in [0, 0.1) is 0 Å². The van der Waals surface area contributed by atoms with E-state index in [1.807, 2.05) is 24.3 Å². The van der Waals surface area contributed by atoms with Gasteiger partial charge in [-0.05, 0) is 60.2 Å². The average molecular weight is 536 g/mol. The average Bonchev–Trinajstić information content (AvgIpc) is 3.68. The topological polar surface area (TPSA) is 71.4 Å². The fraction of sp³-hybridized carbons (Fsp3) is 0.419. The summed E-state index contributed by atoms with van der Waals surface area (Å²) in [6.07, 6.45) is 2.34. The summed E-state index contributed by atoms with van der Waals surface area (Å²) < 4.78 is 18.4. The number of nitrogens with zero attached hydrogens (tertiary/aromatic N) is 1. The monoisotopic (exact) mass is 535 g/mol. The highest BCUT2D eigenvalue weighted by Gasteiger charge is 2.50. The molecule has 0 radical (unpaired) electrons. The van der Waals surface area contributed by atoms with Crippen LogP contribution in [0.5, 0.6) is 5.75 Å². The number of hydrogen-bond donors (Lipinski definition) is 2. The van der Waals surface area contributed by atoms with Crippen LogP contribution in [0.2, 0.25) is 5.02 Å². The molecule has 38 heavy (non-hydrogen) atoms. The van der Waals surface area contributed by atoms with E-state index in [2.05, 4.69) is 47.4 Å². The predicted octanol–water partition coefficient (Wildman–Crippen LogP) is 5.19. The summed E-state index contributed by atoms with van der Waals surface area (Å²) in [6.45, 7) is 1.54. The van der Waals surface area contributed by atoms with E-state index in [1.54, 1.807) is 7.11 Å². The van der Waals surface area contributed by atoms with Crippen molar-refractivity contribution in [2.75, 3.05) is 25.2 Å². The highest BCUT2D eigenvalue weighted by Crippen LogP contribution is 2.49. The summed E-state index contributed by atoms with van der Waals surface area (Å²) in [5, 5.41) is 20.8. The number of hydrogen-bond acceptors (Lipinski definition) is 6. The van der Waals surface area contributed by atoms with Crippen LogP contribution in [0.25, 0.3) is 0 Å². The maximum atomic E-state index is 10.5. The largest absolute Gasteiger partial charge is 0.483 e. The van der Waals surface area contributed by atoms with Crippen molar-refractivity contribution in [3.63, 3.8) is 0 Å². The molecule has 7 heteroatoms. The summed E-state index contributed by atoms with van der Waals surface area (Å²) in [6, 6.07) is 22.7. The molecule has 1 unspecified atom stereocenters. The van der Waals surface area contributed by atoms with Crippen LogP contribution in [0.3, 0.4) is 0 Å². The van der Waals surface area contributed by atoms with Crippen LogP contribution in [-0.2, 0) is 28.2 Å². The second kappa shape index (κ2) is 10.2. The van der Waals surface area contributed by atoms with Gasteiger partial charge in [0.25, 0.3) is 0 Å². The molecule has 3 aromatic carbocycles. The number of fused-ring (bicyclic) bond motifs is 1. The van der Waals surface area contributed by atoms with E-state index >= 15 is 0 Å². The zero-order valence-electron chi connectivity index (χ0n) is 21.6. The SMILES string of the molecule is COC1(c2ccc(Cl)c(Cc3ccc4c(c3)N(Cc3ccccc3)CC3(CC3)O4)c2)C[C@@H](O)C[C@@H](CO)O1. The first kappa shape index (κ1) is 25.7. The first-order chi connectivity index (χ1) is 18.4. The van der Waals surface area contributed by atoms with Crippen LogP contribution in [0.15, 0.2) is 66.7 Å². The van der Waals surface area contributed by atoms with E-state index in [0.717, 1.165) is 54.1 Å². The standard InChI is InChI=1S/C31H34ClNO5/c1-36-31(17-25(35)16-26(19-34)37-31)24-8-9-27(32)23(15-24)13-22-7-10-29-28(14-22)33(20-30(38-29)11-12-30)18-21-5-3-2-4-6-21/h2-10,14-15,25-26,34-35H,11-13,16-20H2,1H3/t25-,26-,31?/m0/s1. The fourth-order valence-corrected chi connectivity index (χ4v) is 6.01. The van der Waals surface area contributed by atoms with Crippen molar-refractivity contribution in [3.8, 4) is 5.75 Å². The van der Waals surface area contributed by atoms with Crippen molar-refractivity contribution in [2.45, 2.75) is 62.2 Å². The van der Waals surface area contributed by atoms with Crippen LogP contribution in [-0.4, -0.2) is 48.3 Å². The van der Waals surface area contributed by atoms with Gasteiger partial charge in [0, 0.05) is 37.1 Å². The number of ether oxygens (including phenoxy) is 3. The summed E-state index contributed by atoms with van der Waals surface area (Å²) in [7, 11) is 1.57. The summed E-state index contributed by atoms with van der Waals surface area (Å²) in [5.74, 6) is -0.203. The highest BCUT2D eigenvalue weighted by atomic mass is 35.5. The molecule has 200 valence electrons. The molecule has 2 fully saturated rings. The highest BCUT2D eigenvalue weighted by molar-refractivity contribution is 6.31. The second-order valence-corrected chi connectivity index (χ2v) is 11.3. The van der Waals surface area contributed by atoms with E-state index in [4.69, 9.17) is 25.8 Å². The van der Waals surface area contributed by atoms with Gasteiger partial charge in [0.2, 0.25) is 0 Å². The lowest BCUT2D eigenvalue weighted by atomic mass is 9.90. The van der Waals surface area contributed by atoms with Crippen molar-refractivity contribution >= 4 is 17.3 Å². The Bertz CT molecular complexity index is 1300. The summed E-state index contributed by atoms with van der Waals surface area (Å²) >= 11 is 6.68. The van der Waals surface area contributed by atoms with Gasteiger partial charge in [0.1, 0.15) is 11.4 Å². The summed E-state index contributed by atoms with van der Waals surface area (Å²) in [5.41, 5.74) is 5.17. The normalized spacial score (nSPS) is 25.6. The van der Waals surface area contributed by atoms with E-state index < -0.39 is 18.0 Å². The zero-order valence-corrected chi connectivity index (χ0v) is 22.4. The third-order valence-corrected chi connectivity index (χ3v) is 8.37. The molecule has 0 aromatic heterocycles. The Balaban J connectivity index is 1.29. The molecule has 3 atom stereocenters. The lowest BCUT2D eigenvalue weighted by Crippen LogP contribution is -2.46. The molecule has 3 aliphatic rings. The van der Waals surface area contributed by atoms with E-state index in [1.165, 1.54) is 5.56 Å². The maximum Gasteiger partial charge on any atom is 0.197 e. The van der Waals surface area contributed by atoms with Gasteiger partial charge in [-0.15, -0.1) is 0 Å². The number of halogens is 1. The molecule has 0 bridgehead atoms. The van der Waals surface area contributed by atoms with Crippen molar-refractivity contribution < 1.29 is 24.4 Å². The minimum atomic E-state index is -1.14. The molecular formula is C31H34ClNO5. The predicted molar refractivity (Wildman–Crippen MR) is 147 cm³/mol. The molecule has 6 nitrogen and oxygen atoms in total. The van der Waals surface area contributed by atoms with Gasteiger partial charge >= 0.3 is 0 Å². The van der Waals surface area contributed by atoms with Crippen LogP contribution >= 0.6 is 11.6 Å². The van der Waals surface area contributed by atoms with Crippen molar-refractivity contribution in [3.05, 3.63) is 94.0 Å². The van der Waals surface area contributed by atoms with Gasteiger partial charge in [-0.25, -0.2) is 0 Å². The van der Waals surface area contributed by atoms with Crippen molar-refractivity contribution in [1.82, 2.24) is 0 Å². The van der Waals surface area contributed by atoms with E-state index in [0.29, 0.717) is 17.9 Å². The number of aliphatic hydroxyl groups excluding tert-OH is 2. The van der Waals surface area contributed by atoms with Gasteiger partial charge in [-0.2, -0.15) is 0 Å². The Hall–Kier alpha value is -2.61. The molecule has 2 aliphatic heterocycles. The molecular weight excluding hydrogens is 502 g/mol.